The smallest absolute Gasteiger partial charge is 0.273 e. The number of anilines is 1. The normalized spacial score (nSPS) is 15.9. The number of amides is 2. The maximum Gasteiger partial charge on any atom is 0.273 e. The molecule has 2 aromatic heterocycles. The zero-order chi connectivity index (χ0) is 31.9. The highest BCUT2D eigenvalue weighted by Crippen LogP contribution is 2.20. The summed E-state index contributed by atoms with van der Waals surface area (Å²) in [5.41, 5.74) is 0.394. The molecule has 3 heterocycles. The van der Waals surface area contributed by atoms with Gasteiger partial charge in [-0.05, 0) is 44.0 Å². The number of nitrogens with one attached hydrogen (secondary N) is 2. The minimum Gasteiger partial charge on any atom is -0.459 e. The van der Waals surface area contributed by atoms with Crippen LogP contribution in [0.2, 0.25) is 0 Å². The zero-order valence-electron chi connectivity index (χ0n) is 25.4. The Morgan fingerprint density at radius 1 is 1.23 bits per heavy atom. The molecule has 12 nitrogen and oxygen atoms in total. The summed E-state index contributed by atoms with van der Waals surface area (Å²) < 4.78 is 42.0. The molecular formula is C30H39F2N7O5. The summed E-state index contributed by atoms with van der Waals surface area (Å²) in [6, 6.07) is 9.59. The maximum absolute atomic E-state index is 14.8. The molecular weight excluding hydrogens is 576 g/mol. The molecule has 1 atom stereocenters. The first-order chi connectivity index (χ1) is 20.7. The van der Waals surface area contributed by atoms with Gasteiger partial charge in [-0.15, -0.1) is 5.10 Å². The third-order valence-corrected chi connectivity index (χ3v) is 6.70. The molecule has 0 radical (unpaired) electrons. The number of aromatic nitrogens is 4. The number of hydrogen-bond donors (Lipinski definition) is 2. The second kappa shape index (κ2) is 14.1. The van der Waals surface area contributed by atoms with Gasteiger partial charge < -0.3 is 24.7 Å². The van der Waals surface area contributed by atoms with Gasteiger partial charge in [0.05, 0.1) is 31.5 Å². The topological polar surface area (TPSA) is 133 Å². The van der Waals surface area contributed by atoms with Crippen molar-refractivity contribution in [2.24, 2.45) is 0 Å². The molecule has 2 N–H and O–H groups in total. The van der Waals surface area contributed by atoms with Crippen molar-refractivity contribution >= 4 is 17.5 Å². The van der Waals surface area contributed by atoms with E-state index < -0.39 is 17.9 Å². The SMILES string of the molecule is CC(C)(F)Oc1cccc(CNC(=O)c2cn(CC(F)CCn3ccc(NC(=O)CN4CCOC(C)(C)C4)cc3=O)nn2)c1. The Balaban J connectivity index is 1.21. The van der Waals surface area contributed by atoms with Crippen molar-refractivity contribution in [3.05, 3.63) is 70.4 Å². The predicted molar refractivity (Wildman–Crippen MR) is 159 cm³/mol. The van der Waals surface area contributed by atoms with Crippen LogP contribution in [0.4, 0.5) is 14.5 Å². The van der Waals surface area contributed by atoms with Crippen molar-refractivity contribution < 1.29 is 27.8 Å². The summed E-state index contributed by atoms with van der Waals surface area (Å²) in [6.45, 7) is 8.65. The molecule has 1 aliphatic rings. The van der Waals surface area contributed by atoms with Gasteiger partial charge in [-0.2, -0.15) is 4.39 Å². The summed E-state index contributed by atoms with van der Waals surface area (Å²) in [4.78, 5) is 39.5. The van der Waals surface area contributed by atoms with Gasteiger partial charge >= 0.3 is 0 Å². The van der Waals surface area contributed by atoms with Crippen molar-refractivity contribution in [1.29, 1.82) is 0 Å². The molecule has 1 saturated heterocycles. The van der Waals surface area contributed by atoms with E-state index in [1.807, 2.05) is 18.7 Å². The molecule has 1 unspecified atom stereocenters. The van der Waals surface area contributed by atoms with Gasteiger partial charge in [-0.25, -0.2) is 9.07 Å². The molecule has 4 rings (SSSR count). The number of carbonyl (C=O) groups is 2. The number of benzene rings is 1. The lowest BCUT2D eigenvalue weighted by Gasteiger charge is -2.37. The zero-order valence-corrected chi connectivity index (χ0v) is 25.4. The fraction of sp³-hybridized carbons (Fsp3) is 0.500. The summed E-state index contributed by atoms with van der Waals surface area (Å²) >= 11 is 0. The number of ether oxygens (including phenoxy) is 2. The highest BCUT2D eigenvalue weighted by Gasteiger charge is 2.28. The first kappa shape index (κ1) is 32.7. The average molecular weight is 616 g/mol. The van der Waals surface area contributed by atoms with E-state index in [1.54, 1.807) is 30.3 Å². The van der Waals surface area contributed by atoms with Crippen LogP contribution in [-0.2, 0) is 29.2 Å². The molecule has 3 aromatic rings. The lowest BCUT2D eigenvalue weighted by Crippen LogP contribution is -2.50. The third kappa shape index (κ3) is 10.2. The summed E-state index contributed by atoms with van der Waals surface area (Å²) in [7, 11) is 0. The molecule has 0 aliphatic carbocycles. The van der Waals surface area contributed by atoms with E-state index in [1.165, 1.54) is 41.6 Å². The van der Waals surface area contributed by atoms with E-state index in [0.29, 0.717) is 36.7 Å². The molecule has 1 fully saturated rings. The predicted octanol–water partition coefficient (Wildman–Crippen LogP) is 2.93. The van der Waals surface area contributed by atoms with Gasteiger partial charge in [0.2, 0.25) is 11.8 Å². The second-order valence-corrected chi connectivity index (χ2v) is 11.8. The third-order valence-electron chi connectivity index (χ3n) is 6.70. The van der Waals surface area contributed by atoms with Crippen molar-refractivity contribution in [3.63, 3.8) is 0 Å². The van der Waals surface area contributed by atoms with Crippen molar-refractivity contribution in [3.8, 4) is 5.75 Å². The fourth-order valence-corrected chi connectivity index (χ4v) is 4.76. The lowest BCUT2D eigenvalue weighted by atomic mass is 10.1. The average Bonchev–Trinajstić information content (AvgIpc) is 3.38. The molecule has 0 saturated carbocycles. The molecule has 14 heteroatoms. The Kier molecular flexibility index (Phi) is 10.5. The van der Waals surface area contributed by atoms with Crippen LogP contribution in [0.25, 0.3) is 0 Å². The molecule has 1 aliphatic heterocycles. The molecule has 0 bridgehead atoms. The summed E-state index contributed by atoms with van der Waals surface area (Å²) in [5.74, 6) is -2.24. The fourth-order valence-electron chi connectivity index (χ4n) is 4.76. The van der Waals surface area contributed by atoms with Crippen molar-refractivity contribution in [1.82, 2.24) is 29.8 Å². The standard InChI is InChI=1S/C30H39F2N7O5/c1-29(2)20-37(12-13-43-29)19-26(40)34-23-9-11-38(27(41)15-23)10-8-22(31)17-39-18-25(35-36-39)28(42)33-16-21-6-5-7-24(14-21)44-30(3,4)32/h5-7,9,11,14-15,18,22H,8,10,12-13,16-17,19-20H2,1-4H3,(H,33,42)(H,34,40). The Hall–Kier alpha value is -4.17. The number of hydrogen-bond acceptors (Lipinski definition) is 8. The highest BCUT2D eigenvalue weighted by atomic mass is 19.2. The van der Waals surface area contributed by atoms with E-state index in [-0.39, 0.29) is 55.4 Å². The maximum atomic E-state index is 14.8. The number of nitrogens with zero attached hydrogens (tertiary/aromatic N) is 5. The highest BCUT2D eigenvalue weighted by molar-refractivity contribution is 5.92. The molecule has 0 spiro atoms. The number of carbonyl (C=O) groups excluding carboxylic acids is 2. The largest absolute Gasteiger partial charge is 0.459 e. The first-order valence-corrected chi connectivity index (χ1v) is 14.4. The minimum absolute atomic E-state index is 0.0145. The molecule has 238 valence electrons. The lowest BCUT2D eigenvalue weighted by molar-refractivity contribution is -0.122. The van der Waals surface area contributed by atoms with Gasteiger partial charge in [-0.1, -0.05) is 17.3 Å². The summed E-state index contributed by atoms with van der Waals surface area (Å²) in [5, 5.41) is 13.1. The molecule has 44 heavy (non-hydrogen) atoms. The number of halogens is 2. The number of aryl methyl sites for hydroxylation is 1. The number of alkyl halides is 2. The Morgan fingerprint density at radius 2 is 2.02 bits per heavy atom. The van der Waals surface area contributed by atoms with E-state index in [0.717, 1.165) is 0 Å². The van der Waals surface area contributed by atoms with Gasteiger partial charge in [0.1, 0.15) is 11.9 Å². The first-order valence-electron chi connectivity index (χ1n) is 14.4. The van der Waals surface area contributed by atoms with Gasteiger partial charge in [0, 0.05) is 58.0 Å². The van der Waals surface area contributed by atoms with E-state index in [2.05, 4.69) is 20.9 Å². The van der Waals surface area contributed by atoms with E-state index >= 15 is 0 Å². The Morgan fingerprint density at radius 3 is 2.75 bits per heavy atom. The van der Waals surface area contributed by atoms with Crippen molar-refractivity contribution in [2.45, 2.75) is 71.4 Å². The van der Waals surface area contributed by atoms with Crippen LogP contribution in [0.1, 0.15) is 50.2 Å². The van der Waals surface area contributed by atoms with Crippen LogP contribution in [0, 0.1) is 0 Å². The second-order valence-electron chi connectivity index (χ2n) is 11.8. The van der Waals surface area contributed by atoms with Crippen LogP contribution < -0.4 is 20.9 Å². The van der Waals surface area contributed by atoms with E-state index in [9.17, 15) is 23.2 Å². The number of morpholine rings is 1. The summed E-state index contributed by atoms with van der Waals surface area (Å²) in [6.07, 6.45) is 1.52. The van der Waals surface area contributed by atoms with Gasteiger partial charge in [0.25, 0.3) is 11.5 Å². The van der Waals surface area contributed by atoms with Gasteiger partial charge in [0.15, 0.2) is 5.69 Å². The van der Waals surface area contributed by atoms with Crippen LogP contribution in [0.3, 0.4) is 0 Å². The molecule has 2 amide bonds. The van der Waals surface area contributed by atoms with Crippen LogP contribution >= 0.6 is 0 Å². The molecule has 1 aromatic carbocycles. The van der Waals surface area contributed by atoms with Crippen LogP contribution in [0.15, 0.2) is 53.6 Å². The van der Waals surface area contributed by atoms with E-state index in [4.69, 9.17) is 9.47 Å². The number of rotatable bonds is 13. The van der Waals surface area contributed by atoms with Crippen LogP contribution in [-0.4, -0.2) is 80.1 Å². The van der Waals surface area contributed by atoms with Gasteiger partial charge in [-0.3, -0.25) is 19.3 Å². The Bertz CT molecular complexity index is 1500. The van der Waals surface area contributed by atoms with Crippen LogP contribution in [0.5, 0.6) is 5.75 Å². The Labute approximate surface area is 254 Å². The minimum atomic E-state index is -1.84. The quantitative estimate of drug-likeness (QED) is 0.300. The monoisotopic (exact) mass is 615 g/mol. The van der Waals surface area contributed by atoms with Crippen molar-refractivity contribution in [2.75, 3.05) is 31.6 Å². The number of pyridine rings is 1.